The number of benzene rings is 1. The van der Waals surface area contributed by atoms with Crippen LogP contribution in [0.4, 0.5) is 10.1 Å². The van der Waals surface area contributed by atoms with Crippen molar-refractivity contribution in [3.8, 4) is 5.88 Å². The Labute approximate surface area is 179 Å². The third kappa shape index (κ3) is 5.07. The molecule has 0 radical (unpaired) electrons. The molecule has 11 heteroatoms. The van der Waals surface area contributed by atoms with Gasteiger partial charge in [-0.05, 0) is 38.1 Å². The lowest BCUT2D eigenvalue weighted by molar-refractivity contribution is 0.0729. The Balaban J connectivity index is 1.81. The number of morpholine rings is 1. The lowest BCUT2D eigenvalue weighted by Crippen LogP contribution is -2.40. The molecule has 0 bridgehead atoms. The molecule has 3 rings (SSSR count). The normalized spacial score (nSPS) is 15.2. The van der Waals surface area contributed by atoms with Gasteiger partial charge in [0.15, 0.2) is 0 Å². The Kier molecular flexibility index (Phi) is 6.91. The van der Waals surface area contributed by atoms with Crippen LogP contribution >= 0.6 is 11.6 Å². The molecule has 162 valence electrons. The average Bonchev–Trinajstić information content (AvgIpc) is 2.71. The molecule has 1 aliphatic heterocycles. The highest BCUT2D eigenvalue weighted by Crippen LogP contribution is 2.26. The molecule has 1 aromatic heterocycles. The minimum Gasteiger partial charge on any atom is -0.474 e. The van der Waals surface area contributed by atoms with E-state index in [4.69, 9.17) is 21.1 Å². The van der Waals surface area contributed by atoms with E-state index in [1.54, 1.807) is 0 Å². The second-order valence-electron chi connectivity index (χ2n) is 6.79. The second kappa shape index (κ2) is 9.25. The van der Waals surface area contributed by atoms with E-state index in [1.165, 1.54) is 18.3 Å². The molecule has 30 heavy (non-hydrogen) atoms. The number of halogens is 2. The zero-order chi connectivity index (χ0) is 21.9. The minimum absolute atomic E-state index is 0.117. The summed E-state index contributed by atoms with van der Waals surface area (Å²) in [6.07, 6.45) is 1.15. The summed E-state index contributed by atoms with van der Waals surface area (Å²) in [5.41, 5.74) is 0.255. The Bertz CT molecular complexity index is 1040. The smallest absolute Gasteiger partial charge is 0.257 e. The fourth-order valence-electron chi connectivity index (χ4n) is 2.77. The number of hydrogen-bond acceptors (Lipinski definition) is 6. The van der Waals surface area contributed by atoms with Crippen LogP contribution in [0.5, 0.6) is 5.88 Å². The Morgan fingerprint density at radius 2 is 2.00 bits per heavy atom. The topological polar surface area (TPSA) is 97.8 Å². The van der Waals surface area contributed by atoms with Crippen molar-refractivity contribution >= 4 is 33.2 Å². The zero-order valence-electron chi connectivity index (χ0n) is 16.4. The van der Waals surface area contributed by atoms with Gasteiger partial charge in [0.2, 0.25) is 15.9 Å². The molecule has 2 heterocycles. The highest BCUT2D eigenvalue weighted by Gasteiger charge is 2.29. The van der Waals surface area contributed by atoms with Crippen LogP contribution in [-0.2, 0) is 14.8 Å². The molecule has 1 N–H and O–H groups in total. The van der Waals surface area contributed by atoms with E-state index in [0.717, 1.165) is 16.4 Å². The number of amides is 1. The van der Waals surface area contributed by atoms with Crippen LogP contribution in [0.1, 0.15) is 24.2 Å². The summed E-state index contributed by atoms with van der Waals surface area (Å²) in [7, 11) is -4.06. The third-order valence-corrected chi connectivity index (χ3v) is 6.38. The van der Waals surface area contributed by atoms with Gasteiger partial charge in [0.05, 0.1) is 24.9 Å². The van der Waals surface area contributed by atoms with Gasteiger partial charge in [-0.2, -0.15) is 4.31 Å². The lowest BCUT2D eigenvalue weighted by Gasteiger charge is -2.26. The van der Waals surface area contributed by atoms with E-state index in [1.807, 2.05) is 13.8 Å². The maximum absolute atomic E-state index is 14.3. The van der Waals surface area contributed by atoms with Gasteiger partial charge in [-0.15, -0.1) is 0 Å². The number of sulfonamides is 1. The number of ether oxygens (including phenoxy) is 2. The predicted molar refractivity (Wildman–Crippen MR) is 109 cm³/mol. The fraction of sp³-hybridized carbons (Fsp3) is 0.368. The largest absolute Gasteiger partial charge is 0.474 e. The maximum Gasteiger partial charge on any atom is 0.257 e. The van der Waals surface area contributed by atoms with Crippen molar-refractivity contribution in [3.05, 3.63) is 46.9 Å². The quantitative estimate of drug-likeness (QED) is 0.716. The molecule has 0 atom stereocenters. The van der Waals surface area contributed by atoms with Crippen molar-refractivity contribution < 1.29 is 27.1 Å². The summed E-state index contributed by atoms with van der Waals surface area (Å²) >= 11 is 6.10. The first kappa shape index (κ1) is 22.4. The number of pyridine rings is 1. The van der Waals surface area contributed by atoms with Gasteiger partial charge in [0, 0.05) is 25.0 Å². The predicted octanol–water partition coefficient (Wildman–Crippen LogP) is 2.93. The Morgan fingerprint density at radius 1 is 1.30 bits per heavy atom. The van der Waals surface area contributed by atoms with E-state index < -0.39 is 26.6 Å². The monoisotopic (exact) mass is 457 g/mol. The van der Waals surface area contributed by atoms with Crippen molar-refractivity contribution in [1.82, 2.24) is 9.29 Å². The summed E-state index contributed by atoms with van der Waals surface area (Å²) in [4.78, 5) is 16.0. The highest BCUT2D eigenvalue weighted by molar-refractivity contribution is 7.89. The molecule has 8 nitrogen and oxygen atoms in total. The SMILES string of the molecule is CC(C)Oc1ncc(C(=O)Nc2ccc(F)c(S(=O)(=O)N3CCOCC3)c2)cc1Cl. The minimum atomic E-state index is -4.06. The molecule has 0 aliphatic carbocycles. The lowest BCUT2D eigenvalue weighted by atomic mass is 10.2. The van der Waals surface area contributed by atoms with Gasteiger partial charge in [-0.3, -0.25) is 4.79 Å². The van der Waals surface area contributed by atoms with Crippen LogP contribution in [0, 0.1) is 5.82 Å². The maximum atomic E-state index is 14.3. The molecule has 1 aliphatic rings. The van der Waals surface area contributed by atoms with Gasteiger partial charge in [0.25, 0.3) is 5.91 Å². The molecular formula is C19H21ClFN3O5S. The summed E-state index contributed by atoms with van der Waals surface area (Å²) in [5, 5.41) is 2.69. The van der Waals surface area contributed by atoms with E-state index in [2.05, 4.69) is 10.3 Å². The standard InChI is InChI=1S/C19H21ClFN3O5S/c1-12(2)29-19-15(20)9-13(11-22-19)18(25)23-14-3-4-16(21)17(10-14)30(26,27)24-5-7-28-8-6-24/h3-4,9-12H,5-8H2,1-2H3,(H,23,25). The van der Waals surface area contributed by atoms with Crippen LogP contribution in [0.3, 0.4) is 0 Å². The molecule has 0 saturated carbocycles. The van der Waals surface area contributed by atoms with Crippen LogP contribution in [-0.4, -0.2) is 56.0 Å². The zero-order valence-corrected chi connectivity index (χ0v) is 18.0. The summed E-state index contributed by atoms with van der Waals surface area (Å²) in [5.74, 6) is -1.29. The molecule has 1 amide bonds. The van der Waals surface area contributed by atoms with Crippen LogP contribution < -0.4 is 10.1 Å². The first-order chi connectivity index (χ1) is 14.2. The molecule has 1 fully saturated rings. The van der Waals surface area contributed by atoms with Gasteiger partial charge in [-0.1, -0.05) is 11.6 Å². The van der Waals surface area contributed by atoms with Crippen molar-refractivity contribution in [2.24, 2.45) is 0 Å². The van der Waals surface area contributed by atoms with Crippen LogP contribution in [0.15, 0.2) is 35.4 Å². The van der Waals surface area contributed by atoms with Crippen molar-refractivity contribution in [2.45, 2.75) is 24.8 Å². The van der Waals surface area contributed by atoms with Gasteiger partial charge < -0.3 is 14.8 Å². The molecule has 1 aromatic carbocycles. The number of aromatic nitrogens is 1. The van der Waals surface area contributed by atoms with Crippen molar-refractivity contribution in [2.75, 3.05) is 31.6 Å². The molecular weight excluding hydrogens is 437 g/mol. The second-order valence-corrected chi connectivity index (χ2v) is 9.11. The van der Waals surface area contributed by atoms with E-state index >= 15 is 0 Å². The Morgan fingerprint density at radius 3 is 2.63 bits per heavy atom. The van der Waals surface area contributed by atoms with Crippen molar-refractivity contribution in [1.29, 1.82) is 0 Å². The van der Waals surface area contributed by atoms with Crippen LogP contribution in [0.25, 0.3) is 0 Å². The molecule has 1 saturated heterocycles. The number of rotatable bonds is 6. The first-order valence-corrected chi connectivity index (χ1v) is 11.0. The summed E-state index contributed by atoms with van der Waals surface area (Å²) in [6, 6.07) is 4.74. The number of nitrogens with one attached hydrogen (secondary N) is 1. The van der Waals surface area contributed by atoms with Gasteiger partial charge in [-0.25, -0.2) is 17.8 Å². The first-order valence-electron chi connectivity index (χ1n) is 9.19. The van der Waals surface area contributed by atoms with Crippen molar-refractivity contribution in [3.63, 3.8) is 0 Å². The number of hydrogen-bond donors (Lipinski definition) is 1. The highest BCUT2D eigenvalue weighted by atomic mass is 35.5. The summed E-state index contributed by atoms with van der Waals surface area (Å²) in [6.45, 7) is 4.37. The molecule has 0 unspecified atom stereocenters. The number of carbonyl (C=O) groups is 1. The van der Waals surface area contributed by atoms with Gasteiger partial charge in [0.1, 0.15) is 15.7 Å². The number of nitrogens with zero attached hydrogens (tertiary/aromatic N) is 2. The van der Waals surface area contributed by atoms with E-state index in [9.17, 15) is 17.6 Å². The third-order valence-electron chi connectivity index (χ3n) is 4.19. The fourth-order valence-corrected chi connectivity index (χ4v) is 4.48. The molecule has 2 aromatic rings. The number of carbonyl (C=O) groups excluding carboxylic acids is 1. The average molecular weight is 458 g/mol. The number of anilines is 1. The van der Waals surface area contributed by atoms with E-state index in [0.29, 0.717) is 0 Å². The van der Waals surface area contributed by atoms with Gasteiger partial charge >= 0.3 is 0 Å². The van der Waals surface area contributed by atoms with E-state index in [-0.39, 0.29) is 54.6 Å². The van der Waals surface area contributed by atoms with Crippen LogP contribution in [0.2, 0.25) is 5.02 Å². The summed E-state index contributed by atoms with van der Waals surface area (Å²) < 4.78 is 51.5. The molecule has 0 spiro atoms. The Hall–Kier alpha value is -2.27.